The summed E-state index contributed by atoms with van der Waals surface area (Å²) in [7, 11) is 0. The third-order valence-electron chi connectivity index (χ3n) is 4.55. The number of nitrogens with zero attached hydrogens (tertiary/aromatic N) is 3. The standard InChI is InChI=1S/C20H24N4O3/c1(9-24-10-12-25-13-11-24)6-22-20-23-18-3-2-17(14-19(18)27-20)26-15-16-4-7-21-8-5-16/h2-5,7-8,14H,1,6,9-13,15H2,(H,22,23). The van der Waals surface area contributed by atoms with E-state index in [0.29, 0.717) is 12.6 Å². The summed E-state index contributed by atoms with van der Waals surface area (Å²) in [6, 6.07) is 10.1. The lowest BCUT2D eigenvalue weighted by Crippen LogP contribution is -2.37. The van der Waals surface area contributed by atoms with Crippen molar-refractivity contribution in [2.45, 2.75) is 13.0 Å². The van der Waals surface area contributed by atoms with Crippen LogP contribution in [-0.2, 0) is 11.3 Å². The van der Waals surface area contributed by atoms with Gasteiger partial charge in [-0.3, -0.25) is 9.88 Å². The predicted molar refractivity (Wildman–Crippen MR) is 103 cm³/mol. The van der Waals surface area contributed by atoms with Crippen molar-refractivity contribution in [3.63, 3.8) is 0 Å². The summed E-state index contributed by atoms with van der Waals surface area (Å²) >= 11 is 0. The Bertz CT molecular complexity index is 847. The molecule has 27 heavy (non-hydrogen) atoms. The number of pyridine rings is 1. The molecule has 3 aromatic rings. The van der Waals surface area contributed by atoms with Crippen molar-refractivity contribution in [3.05, 3.63) is 48.3 Å². The summed E-state index contributed by atoms with van der Waals surface area (Å²) in [5.41, 5.74) is 2.62. The minimum atomic E-state index is 0.495. The molecule has 2 aromatic heterocycles. The van der Waals surface area contributed by atoms with Crippen molar-refractivity contribution in [2.24, 2.45) is 0 Å². The Hall–Kier alpha value is -2.64. The van der Waals surface area contributed by atoms with Crippen LogP contribution in [-0.4, -0.2) is 54.3 Å². The molecule has 7 heteroatoms. The highest BCUT2D eigenvalue weighted by Gasteiger charge is 2.10. The number of rotatable bonds is 8. The highest BCUT2D eigenvalue weighted by Crippen LogP contribution is 2.24. The molecule has 3 heterocycles. The van der Waals surface area contributed by atoms with Crippen LogP contribution in [0.25, 0.3) is 11.1 Å². The lowest BCUT2D eigenvalue weighted by atomic mass is 10.3. The number of anilines is 1. The van der Waals surface area contributed by atoms with Gasteiger partial charge in [-0.25, -0.2) is 0 Å². The van der Waals surface area contributed by atoms with Gasteiger partial charge in [-0.1, -0.05) is 0 Å². The lowest BCUT2D eigenvalue weighted by molar-refractivity contribution is 0.0378. The summed E-state index contributed by atoms with van der Waals surface area (Å²) in [6.45, 7) is 6.10. The van der Waals surface area contributed by atoms with Crippen molar-refractivity contribution in [1.82, 2.24) is 14.9 Å². The molecular weight excluding hydrogens is 344 g/mol. The first-order chi connectivity index (χ1) is 13.4. The number of fused-ring (bicyclic) bond motifs is 1. The van der Waals surface area contributed by atoms with Gasteiger partial charge in [0.2, 0.25) is 0 Å². The first-order valence-electron chi connectivity index (χ1n) is 9.33. The molecule has 1 saturated heterocycles. The SMILES string of the molecule is c1cc(COc2ccc3nc(NCCCN4CCOCC4)oc3c2)ccn1. The third kappa shape index (κ3) is 4.96. The number of hydrogen-bond acceptors (Lipinski definition) is 7. The fourth-order valence-corrected chi connectivity index (χ4v) is 3.04. The molecule has 0 unspecified atom stereocenters. The number of ether oxygens (including phenoxy) is 2. The van der Waals surface area contributed by atoms with Crippen molar-refractivity contribution < 1.29 is 13.9 Å². The van der Waals surface area contributed by atoms with Gasteiger partial charge in [0.25, 0.3) is 6.01 Å². The van der Waals surface area contributed by atoms with Gasteiger partial charge in [0, 0.05) is 38.1 Å². The van der Waals surface area contributed by atoms with Gasteiger partial charge >= 0.3 is 0 Å². The van der Waals surface area contributed by atoms with Gasteiger partial charge in [0.15, 0.2) is 5.58 Å². The topological polar surface area (TPSA) is 72.7 Å². The van der Waals surface area contributed by atoms with E-state index >= 15 is 0 Å². The zero-order valence-electron chi connectivity index (χ0n) is 15.3. The zero-order valence-corrected chi connectivity index (χ0v) is 15.3. The number of aromatic nitrogens is 2. The molecule has 1 aliphatic rings. The highest BCUT2D eigenvalue weighted by atomic mass is 16.5. The quantitative estimate of drug-likeness (QED) is 0.613. The molecule has 7 nitrogen and oxygen atoms in total. The Morgan fingerprint density at radius 3 is 2.81 bits per heavy atom. The molecule has 1 aromatic carbocycles. The van der Waals surface area contributed by atoms with Crippen molar-refractivity contribution >= 4 is 17.1 Å². The summed E-state index contributed by atoms with van der Waals surface area (Å²) < 4.78 is 17.0. The molecule has 0 saturated carbocycles. The molecule has 0 spiro atoms. The van der Waals surface area contributed by atoms with Gasteiger partial charge < -0.3 is 19.2 Å². The Labute approximate surface area is 158 Å². The number of hydrogen-bond donors (Lipinski definition) is 1. The van der Waals surface area contributed by atoms with Crippen molar-refractivity contribution in [1.29, 1.82) is 0 Å². The fraction of sp³-hybridized carbons (Fsp3) is 0.400. The Balaban J connectivity index is 1.28. The molecule has 1 N–H and O–H groups in total. The number of nitrogens with one attached hydrogen (secondary N) is 1. The van der Waals surface area contributed by atoms with Crippen LogP contribution in [0, 0.1) is 0 Å². The van der Waals surface area contributed by atoms with Crippen LogP contribution in [0.15, 0.2) is 47.1 Å². The van der Waals surface area contributed by atoms with Crippen LogP contribution < -0.4 is 10.1 Å². The van der Waals surface area contributed by atoms with E-state index in [4.69, 9.17) is 13.9 Å². The summed E-state index contributed by atoms with van der Waals surface area (Å²) in [5, 5.41) is 3.27. The number of morpholine rings is 1. The van der Waals surface area contributed by atoms with Gasteiger partial charge in [0.05, 0.1) is 13.2 Å². The second-order valence-electron chi connectivity index (χ2n) is 6.53. The lowest BCUT2D eigenvalue weighted by Gasteiger charge is -2.26. The van der Waals surface area contributed by atoms with Crippen LogP contribution in [0.4, 0.5) is 6.01 Å². The Kier molecular flexibility index (Phi) is 5.81. The molecular formula is C20H24N4O3. The molecule has 0 amide bonds. The van der Waals surface area contributed by atoms with Gasteiger partial charge in [-0.15, -0.1) is 0 Å². The normalized spacial score (nSPS) is 15.1. The van der Waals surface area contributed by atoms with Crippen molar-refractivity contribution in [3.8, 4) is 5.75 Å². The maximum absolute atomic E-state index is 5.82. The van der Waals surface area contributed by atoms with Gasteiger partial charge in [0.1, 0.15) is 17.9 Å². The van der Waals surface area contributed by atoms with E-state index in [-0.39, 0.29) is 0 Å². The molecule has 0 atom stereocenters. The monoisotopic (exact) mass is 368 g/mol. The fourth-order valence-electron chi connectivity index (χ4n) is 3.04. The molecule has 0 aliphatic carbocycles. The van der Waals surface area contributed by atoms with Crippen molar-refractivity contribution in [2.75, 3.05) is 44.7 Å². The van der Waals surface area contributed by atoms with E-state index in [1.54, 1.807) is 12.4 Å². The van der Waals surface area contributed by atoms with E-state index in [1.807, 2.05) is 30.3 Å². The van der Waals surface area contributed by atoms with E-state index in [9.17, 15) is 0 Å². The van der Waals surface area contributed by atoms with Crippen LogP contribution in [0.1, 0.15) is 12.0 Å². The molecule has 142 valence electrons. The molecule has 4 rings (SSSR count). The second kappa shape index (κ2) is 8.83. The van der Waals surface area contributed by atoms with Gasteiger partial charge in [-0.2, -0.15) is 4.98 Å². The van der Waals surface area contributed by atoms with E-state index in [2.05, 4.69) is 20.2 Å². The van der Waals surface area contributed by atoms with E-state index in [1.165, 1.54) is 0 Å². The minimum Gasteiger partial charge on any atom is -0.489 e. The first-order valence-corrected chi connectivity index (χ1v) is 9.33. The molecule has 1 aliphatic heterocycles. The molecule has 0 radical (unpaired) electrons. The highest BCUT2D eigenvalue weighted by molar-refractivity contribution is 5.76. The number of benzene rings is 1. The largest absolute Gasteiger partial charge is 0.489 e. The average molecular weight is 368 g/mol. The average Bonchev–Trinajstić information content (AvgIpc) is 3.13. The zero-order chi connectivity index (χ0) is 18.3. The van der Waals surface area contributed by atoms with E-state index < -0.39 is 0 Å². The smallest absolute Gasteiger partial charge is 0.295 e. The second-order valence-corrected chi connectivity index (χ2v) is 6.53. The van der Waals surface area contributed by atoms with Gasteiger partial charge in [-0.05, 0) is 42.8 Å². The predicted octanol–water partition coefficient (Wildman–Crippen LogP) is 2.94. The maximum Gasteiger partial charge on any atom is 0.295 e. The molecule has 0 bridgehead atoms. The van der Waals surface area contributed by atoms with Crippen LogP contribution in [0.2, 0.25) is 0 Å². The first kappa shape index (κ1) is 17.8. The Morgan fingerprint density at radius 1 is 1.11 bits per heavy atom. The summed E-state index contributed by atoms with van der Waals surface area (Å²) in [4.78, 5) is 10.9. The van der Waals surface area contributed by atoms with Crippen LogP contribution >= 0.6 is 0 Å². The van der Waals surface area contributed by atoms with E-state index in [0.717, 1.165) is 68.2 Å². The minimum absolute atomic E-state index is 0.495. The van der Waals surface area contributed by atoms with Crippen LogP contribution in [0.3, 0.4) is 0 Å². The maximum atomic E-state index is 5.82. The molecule has 1 fully saturated rings. The van der Waals surface area contributed by atoms with Crippen LogP contribution in [0.5, 0.6) is 5.75 Å². The number of oxazole rings is 1. The summed E-state index contributed by atoms with van der Waals surface area (Å²) in [6.07, 6.45) is 4.56. The Morgan fingerprint density at radius 2 is 1.96 bits per heavy atom. The third-order valence-corrected chi connectivity index (χ3v) is 4.55. The summed E-state index contributed by atoms with van der Waals surface area (Å²) in [5.74, 6) is 0.759.